The van der Waals surface area contributed by atoms with Crippen molar-refractivity contribution >= 4 is 0 Å². The lowest BCUT2D eigenvalue weighted by molar-refractivity contribution is 0.165. The van der Waals surface area contributed by atoms with Crippen molar-refractivity contribution in [2.45, 2.75) is 26.2 Å². The lowest BCUT2D eigenvalue weighted by Crippen LogP contribution is -2.32. The molecule has 0 amide bonds. The Morgan fingerprint density at radius 3 is 2.15 bits per heavy atom. The van der Waals surface area contributed by atoms with Crippen LogP contribution in [-0.4, -0.2) is 11.7 Å². The van der Waals surface area contributed by atoms with Gasteiger partial charge in [-0.3, -0.25) is 0 Å². The summed E-state index contributed by atoms with van der Waals surface area (Å²) in [5, 5.41) is 9.41. The van der Waals surface area contributed by atoms with Crippen molar-refractivity contribution in [1.29, 1.82) is 0 Å². The fraction of sp³-hybridized carbons (Fsp3) is 0.500. The lowest BCUT2D eigenvalue weighted by Gasteiger charge is -2.32. The van der Waals surface area contributed by atoms with Crippen molar-refractivity contribution < 1.29 is 5.11 Å². The second-order valence-corrected chi connectivity index (χ2v) is 4.10. The Morgan fingerprint density at radius 2 is 1.77 bits per heavy atom. The van der Waals surface area contributed by atoms with Gasteiger partial charge >= 0.3 is 0 Å². The summed E-state index contributed by atoms with van der Waals surface area (Å²) in [7, 11) is 0. The van der Waals surface area contributed by atoms with Crippen LogP contribution in [0.15, 0.2) is 30.3 Å². The highest BCUT2D eigenvalue weighted by molar-refractivity contribution is 5.25. The summed E-state index contributed by atoms with van der Waals surface area (Å²) >= 11 is 0. The minimum atomic E-state index is -0.110. The second kappa shape index (κ2) is 3.93. The quantitative estimate of drug-likeness (QED) is 0.754. The van der Waals surface area contributed by atoms with Gasteiger partial charge in [0.1, 0.15) is 0 Å². The zero-order valence-electron chi connectivity index (χ0n) is 8.62. The van der Waals surface area contributed by atoms with E-state index in [-0.39, 0.29) is 12.0 Å². The molecule has 0 radical (unpaired) electrons. The molecule has 1 aromatic rings. The molecule has 0 spiro atoms. The molecular formula is C12H18O. The molecule has 0 aromatic heterocycles. The van der Waals surface area contributed by atoms with Crippen molar-refractivity contribution in [3.63, 3.8) is 0 Å². The molecule has 0 aliphatic heterocycles. The van der Waals surface area contributed by atoms with Gasteiger partial charge in [-0.15, -0.1) is 0 Å². The van der Waals surface area contributed by atoms with E-state index in [0.29, 0.717) is 5.92 Å². The van der Waals surface area contributed by atoms with Crippen molar-refractivity contribution in [1.82, 2.24) is 0 Å². The summed E-state index contributed by atoms with van der Waals surface area (Å²) in [6.45, 7) is 6.59. The summed E-state index contributed by atoms with van der Waals surface area (Å²) in [4.78, 5) is 0. The van der Waals surface area contributed by atoms with Crippen LogP contribution in [0.4, 0.5) is 0 Å². The van der Waals surface area contributed by atoms with Crippen LogP contribution in [0.25, 0.3) is 0 Å². The molecule has 0 saturated carbocycles. The van der Waals surface area contributed by atoms with Gasteiger partial charge in [-0.2, -0.15) is 0 Å². The average molecular weight is 178 g/mol. The largest absolute Gasteiger partial charge is 0.395 e. The molecule has 72 valence electrons. The number of hydrogen-bond donors (Lipinski definition) is 1. The Labute approximate surface area is 80.4 Å². The van der Waals surface area contributed by atoms with Crippen LogP contribution in [0.3, 0.4) is 0 Å². The molecule has 0 aliphatic carbocycles. The van der Waals surface area contributed by atoms with Crippen molar-refractivity contribution in [2.75, 3.05) is 6.61 Å². The average Bonchev–Trinajstić information content (AvgIpc) is 2.17. The molecular weight excluding hydrogens is 160 g/mol. The predicted molar refractivity (Wildman–Crippen MR) is 55.7 cm³/mol. The maximum atomic E-state index is 9.41. The molecule has 0 heterocycles. The molecule has 0 bridgehead atoms. The van der Waals surface area contributed by atoms with E-state index in [2.05, 4.69) is 32.9 Å². The van der Waals surface area contributed by atoms with Gasteiger partial charge in [0.15, 0.2) is 0 Å². The molecule has 1 atom stereocenters. The van der Waals surface area contributed by atoms with E-state index < -0.39 is 0 Å². The molecule has 0 saturated heterocycles. The smallest absolute Gasteiger partial charge is 0.0527 e. The van der Waals surface area contributed by atoms with E-state index in [0.717, 1.165) is 0 Å². The minimum Gasteiger partial charge on any atom is -0.395 e. The first-order chi connectivity index (χ1) is 6.11. The number of aliphatic hydroxyl groups is 1. The predicted octanol–water partition coefficient (Wildman–Crippen LogP) is 2.59. The molecule has 13 heavy (non-hydrogen) atoms. The van der Waals surface area contributed by atoms with Crippen LogP contribution >= 0.6 is 0 Å². The van der Waals surface area contributed by atoms with E-state index in [4.69, 9.17) is 0 Å². The van der Waals surface area contributed by atoms with Crippen LogP contribution in [0, 0.1) is 5.92 Å². The van der Waals surface area contributed by atoms with Crippen molar-refractivity contribution in [3.05, 3.63) is 35.9 Å². The van der Waals surface area contributed by atoms with E-state index in [1.54, 1.807) is 0 Å². The molecule has 1 nitrogen and oxygen atoms in total. The van der Waals surface area contributed by atoms with Gasteiger partial charge < -0.3 is 5.11 Å². The summed E-state index contributed by atoms with van der Waals surface area (Å²) in [6.07, 6.45) is 0. The van der Waals surface area contributed by atoms with Crippen molar-refractivity contribution in [2.24, 2.45) is 5.92 Å². The van der Waals surface area contributed by atoms with Crippen molar-refractivity contribution in [3.8, 4) is 0 Å². The third kappa shape index (κ3) is 1.92. The van der Waals surface area contributed by atoms with Gasteiger partial charge in [0.05, 0.1) is 6.61 Å². The number of benzene rings is 1. The maximum Gasteiger partial charge on any atom is 0.0527 e. The minimum absolute atomic E-state index is 0.110. The normalized spacial score (nSPS) is 15.8. The summed E-state index contributed by atoms with van der Waals surface area (Å²) in [6, 6.07) is 10.2. The standard InChI is InChI=1S/C12H18O/c1-10(2)12(3,9-13)11-7-5-4-6-8-11/h4-8,10,13H,9H2,1-3H3/t12-/m1/s1. The maximum absolute atomic E-state index is 9.41. The zero-order chi connectivity index (χ0) is 9.90. The highest BCUT2D eigenvalue weighted by Crippen LogP contribution is 2.30. The summed E-state index contributed by atoms with van der Waals surface area (Å²) < 4.78 is 0. The summed E-state index contributed by atoms with van der Waals surface area (Å²) in [5.74, 6) is 0.444. The number of rotatable bonds is 3. The molecule has 1 heteroatoms. The molecule has 0 aliphatic rings. The monoisotopic (exact) mass is 178 g/mol. The molecule has 1 aromatic carbocycles. The highest BCUT2D eigenvalue weighted by atomic mass is 16.3. The molecule has 1 rings (SSSR count). The fourth-order valence-corrected chi connectivity index (χ4v) is 1.43. The Hall–Kier alpha value is -0.820. The van der Waals surface area contributed by atoms with Crippen LogP contribution < -0.4 is 0 Å². The van der Waals surface area contributed by atoms with Crippen LogP contribution in [0.5, 0.6) is 0 Å². The molecule has 0 unspecified atom stereocenters. The van der Waals surface area contributed by atoms with E-state index in [1.807, 2.05) is 18.2 Å². The third-order valence-corrected chi connectivity index (χ3v) is 3.04. The van der Waals surface area contributed by atoms with Gasteiger partial charge in [-0.25, -0.2) is 0 Å². The fourth-order valence-electron chi connectivity index (χ4n) is 1.43. The first-order valence-electron chi connectivity index (χ1n) is 4.77. The van der Waals surface area contributed by atoms with E-state index >= 15 is 0 Å². The van der Waals surface area contributed by atoms with Gasteiger partial charge in [0, 0.05) is 5.41 Å². The topological polar surface area (TPSA) is 20.2 Å². The zero-order valence-corrected chi connectivity index (χ0v) is 8.62. The SMILES string of the molecule is CC(C)[C@@](C)(CO)c1ccccc1. The van der Waals surface area contributed by atoms with Gasteiger partial charge in [0.25, 0.3) is 0 Å². The Morgan fingerprint density at radius 1 is 1.23 bits per heavy atom. The second-order valence-electron chi connectivity index (χ2n) is 4.10. The van der Waals surface area contributed by atoms with Gasteiger partial charge in [-0.1, -0.05) is 51.1 Å². The van der Waals surface area contributed by atoms with E-state index in [1.165, 1.54) is 5.56 Å². The molecule has 1 N–H and O–H groups in total. The van der Waals surface area contributed by atoms with Crippen LogP contribution in [0.1, 0.15) is 26.3 Å². The van der Waals surface area contributed by atoms with Crippen LogP contribution in [0.2, 0.25) is 0 Å². The Balaban J connectivity index is 3.03. The highest BCUT2D eigenvalue weighted by Gasteiger charge is 2.29. The summed E-state index contributed by atoms with van der Waals surface area (Å²) in [5.41, 5.74) is 1.11. The lowest BCUT2D eigenvalue weighted by atomic mass is 9.74. The van der Waals surface area contributed by atoms with Gasteiger partial charge in [-0.05, 0) is 11.5 Å². The molecule has 0 fully saturated rings. The van der Waals surface area contributed by atoms with Crippen LogP contribution in [-0.2, 0) is 5.41 Å². The first-order valence-corrected chi connectivity index (χ1v) is 4.77. The third-order valence-electron chi connectivity index (χ3n) is 3.04. The first kappa shape index (κ1) is 10.3. The van der Waals surface area contributed by atoms with E-state index in [9.17, 15) is 5.11 Å². The Bertz CT molecular complexity index is 253. The van der Waals surface area contributed by atoms with Gasteiger partial charge in [0.2, 0.25) is 0 Å². The Kier molecular flexibility index (Phi) is 3.10. The number of aliphatic hydroxyl groups excluding tert-OH is 1. The number of hydrogen-bond acceptors (Lipinski definition) is 1.